The minimum Gasteiger partial charge on any atom is -0.492 e. The summed E-state index contributed by atoms with van der Waals surface area (Å²) >= 11 is 0. The summed E-state index contributed by atoms with van der Waals surface area (Å²) in [4.78, 5) is 22.3. The molecular weight excluding hydrogens is 404 g/mol. The van der Waals surface area contributed by atoms with Crippen LogP contribution in [-0.2, 0) is 0 Å². The molecule has 0 aliphatic heterocycles. The summed E-state index contributed by atoms with van der Waals surface area (Å²) in [5, 5.41) is 6.56. The van der Waals surface area contributed by atoms with Crippen LogP contribution in [-0.4, -0.2) is 42.6 Å². The van der Waals surface area contributed by atoms with E-state index in [1.807, 2.05) is 36.7 Å². The van der Waals surface area contributed by atoms with E-state index in [1.165, 1.54) is 25.6 Å². The molecule has 164 valence electrons. The monoisotopic (exact) mass is 430 g/mol. The van der Waals surface area contributed by atoms with E-state index < -0.39 is 0 Å². The van der Waals surface area contributed by atoms with Gasteiger partial charge < -0.3 is 19.9 Å². The Labute approximate surface area is 186 Å². The van der Waals surface area contributed by atoms with E-state index in [4.69, 9.17) is 9.72 Å². The highest BCUT2D eigenvalue weighted by atomic mass is 16.5. The Hall–Kier alpha value is -3.75. The smallest absolute Gasteiger partial charge is 0.232 e. The first-order chi connectivity index (χ1) is 15.9. The van der Waals surface area contributed by atoms with Crippen molar-refractivity contribution in [3.05, 3.63) is 55.2 Å². The van der Waals surface area contributed by atoms with Gasteiger partial charge in [-0.2, -0.15) is 9.97 Å². The summed E-state index contributed by atoms with van der Waals surface area (Å²) in [5.74, 6) is 2.63. The number of benzene rings is 1. The molecule has 3 aromatic heterocycles. The molecule has 1 aromatic carbocycles. The standard InChI is InChI=1S/C23H26N8O/c1-3-7-17(8-4-1)31-16-27-20-21(25-13-14-32-18-9-5-2-6-10-18)29-23(30-22(20)31)28-19-11-12-24-15-26-19/h2,5-6,9-12,15-17H,1,3-4,7-8,13-14H2,(H2,24,25,26,28,29,30). The zero-order chi connectivity index (χ0) is 21.6. The van der Waals surface area contributed by atoms with Gasteiger partial charge in [0.1, 0.15) is 24.5 Å². The number of rotatable bonds is 8. The van der Waals surface area contributed by atoms with Gasteiger partial charge in [0.05, 0.1) is 12.9 Å². The van der Waals surface area contributed by atoms with E-state index in [0.29, 0.717) is 36.8 Å². The number of ether oxygens (including phenoxy) is 1. The van der Waals surface area contributed by atoms with Gasteiger partial charge in [0.2, 0.25) is 5.95 Å². The van der Waals surface area contributed by atoms with Crippen molar-refractivity contribution in [1.29, 1.82) is 0 Å². The molecule has 3 heterocycles. The second-order valence-electron chi connectivity index (χ2n) is 7.82. The van der Waals surface area contributed by atoms with Crippen molar-refractivity contribution in [1.82, 2.24) is 29.5 Å². The third kappa shape index (κ3) is 4.61. The molecule has 1 saturated carbocycles. The predicted molar refractivity (Wildman–Crippen MR) is 123 cm³/mol. The number of aromatic nitrogens is 6. The highest BCUT2D eigenvalue weighted by Crippen LogP contribution is 2.32. The topological polar surface area (TPSA) is 103 Å². The summed E-state index contributed by atoms with van der Waals surface area (Å²) in [6, 6.07) is 12.0. The summed E-state index contributed by atoms with van der Waals surface area (Å²) in [6.07, 6.45) is 11.2. The average molecular weight is 431 g/mol. The molecule has 1 aliphatic carbocycles. The van der Waals surface area contributed by atoms with Crippen LogP contribution < -0.4 is 15.4 Å². The normalized spacial score (nSPS) is 14.4. The molecule has 0 saturated heterocycles. The molecule has 0 unspecified atom stereocenters. The van der Waals surface area contributed by atoms with Gasteiger partial charge in [-0.25, -0.2) is 15.0 Å². The van der Waals surface area contributed by atoms with Crippen LogP contribution in [0.3, 0.4) is 0 Å². The molecule has 32 heavy (non-hydrogen) atoms. The van der Waals surface area contributed by atoms with E-state index in [0.717, 1.165) is 29.8 Å². The number of nitrogens with one attached hydrogen (secondary N) is 2. The summed E-state index contributed by atoms with van der Waals surface area (Å²) in [6.45, 7) is 1.09. The minimum atomic E-state index is 0.421. The maximum atomic E-state index is 5.80. The van der Waals surface area contributed by atoms with Crippen LogP contribution in [0.5, 0.6) is 5.75 Å². The molecule has 4 aromatic rings. The van der Waals surface area contributed by atoms with E-state index in [2.05, 4.69) is 35.1 Å². The second-order valence-corrected chi connectivity index (χ2v) is 7.82. The molecule has 9 heteroatoms. The minimum absolute atomic E-state index is 0.421. The second kappa shape index (κ2) is 9.59. The Morgan fingerprint density at radius 1 is 1.00 bits per heavy atom. The molecule has 0 bridgehead atoms. The molecule has 9 nitrogen and oxygen atoms in total. The van der Waals surface area contributed by atoms with Gasteiger partial charge in [-0.05, 0) is 31.0 Å². The Bertz CT molecular complexity index is 1140. The van der Waals surface area contributed by atoms with Crippen molar-refractivity contribution in [3.8, 4) is 5.75 Å². The molecule has 0 amide bonds. The first kappa shape index (κ1) is 20.2. The van der Waals surface area contributed by atoms with Gasteiger partial charge in [-0.3, -0.25) is 0 Å². The number of imidazole rings is 1. The number of fused-ring (bicyclic) bond motifs is 1. The van der Waals surface area contributed by atoms with Gasteiger partial charge in [-0.1, -0.05) is 37.5 Å². The number of anilines is 3. The number of para-hydroxylation sites is 1. The lowest BCUT2D eigenvalue weighted by Crippen LogP contribution is -2.15. The Kier molecular flexibility index (Phi) is 6.04. The Morgan fingerprint density at radius 2 is 1.88 bits per heavy atom. The highest BCUT2D eigenvalue weighted by molar-refractivity contribution is 5.84. The lowest BCUT2D eigenvalue weighted by atomic mass is 9.95. The fraction of sp³-hybridized carbons (Fsp3) is 0.348. The molecule has 1 fully saturated rings. The van der Waals surface area contributed by atoms with E-state index in [-0.39, 0.29) is 0 Å². The largest absolute Gasteiger partial charge is 0.492 e. The van der Waals surface area contributed by atoms with Crippen molar-refractivity contribution >= 4 is 28.7 Å². The zero-order valence-electron chi connectivity index (χ0n) is 17.8. The predicted octanol–water partition coefficient (Wildman–Crippen LogP) is 4.36. The van der Waals surface area contributed by atoms with E-state index >= 15 is 0 Å². The zero-order valence-corrected chi connectivity index (χ0v) is 17.8. The van der Waals surface area contributed by atoms with Gasteiger partial charge in [0, 0.05) is 12.2 Å². The van der Waals surface area contributed by atoms with Crippen molar-refractivity contribution in [2.75, 3.05) is 23.8 Å². The maximum Gasteiger partial charge on any atom is 0.232 e. The fourth-order valence-electron chi connectivity index (χ4n) is 4.06. The molecule has 0 spiro atoms. The summed E-state index contributed by atoms with van der Waals surface area (Å²) in [5.41, 5.74) is 1.60. The van der Waals surface area contributed by atoms with Crippen molar-refractivity contribution in [2.45, 2.75) is 38.1 Å². The van der Waals surface area contributed by atoms with E-state index in [1.54, 1.807) is 12.3 Å². The summed E-state index contributed by atoms with van der Waals surface area (Å²) in [7, 11) is 0. The quantitative estimate of drug-likeness (QED) is 0.398. The molecule has 0 atom stereocenters. The summed E-state index contributed by atoms with van der Waals surface area (Å²) < 4.78 is 8.00. The van der Waals surface area contributed by atoms with Crippen LogP contribution in [0.1, 0.15) is 38.1 Å². The molecule has 2 N–H and O–H groups in total. The Balaban J connectivity index is 1.39. The van der Waals surface area contributed by atoms with Gasteiger partial charge >= 0.3 is 0 Å². The van der Waals surface area contributed by atoms with E-state index in [9.17, 15) is 0 Å². The lowest BCUT2D eigenvalue weighted by Gasteiger charge is -2.23. The fourth-order valence-corrected chi connectivity index (χ4v) is 4.06. The number of hydrogen-bond donors (Lipinski definition) is 2. The van der Waals surface area contributed by atoms with Crippen LogP contribution in [0.2, 0.25) is 0 Å². The molecule has 1 aliphatic rings. The third-order valence-electron chi connectivity index (χ3n) is 5.62. The molecule has 5 rings (SSSR count). The first-order valence-corrected chi connectivity index (χ1v) is 11.1. The number of nitrogens with zero attached hydrogens (tertiary/aromatic N) is 6. The van der Waals surface area contributed by atoms with Crippen LogP contribution in [0.25, 0.3) is 11.2 Å². The highest BCUT2D eigenvalue weighted by Gasteiger charge is 2.21. The first-order valence-electron chi connectivity index (χ1n) is 11.1. The molecular formula is C23H26N8O. The Morgan fingerprint density at radius 3 is 2.69 bits per heavy atom. The maximum absolute atomic E-state index is 5.80. The van der Waals surface area contributed by atoms with Gasteiger partial charge in [-0.15, -0.1) is 0 Å². The third-order valence-corrected chi connectivity index (χ3v) is 5.62. The van der Waals surface area contributed by atoms with Crippen LogP contribution in [0.4, 0.5) is 17.6 Å². The van der Waals surface area contributed by atoms with Crippen molar-refractivity contribution in [2.24, 2.45) is 0 Å². The van der Waals surface area contributed by atoms with Gasteiger partial charge in [0.25, 0.3) is 0 Å². The molecule has 0 radical (unpaired) electrons. The van der Waals surface area contributed by atoms with Crippen molar-refractivity contribution < 1.29 is 4.74 Å². The lowest BCUT2D eigenvalue weighted by molar-refractivity contribution is 0.333. The van der Waals surface area contributed by atoms with Crippen LogP contribution in [0.15, 0.2) is 55.2 Å². The van der Waals surface area contributed by atoms with Gasteiger partial charge in [0.15, 0.2) is 17.0 Å². The average Bonchev–Trinajstić information content (AvgIpc) is 3.28. The van der Waals surface area contributed by atoms with Crippen LogP contribution in [0, 0.1) is 0 Å². The SMILES string of the molecule is c1ccc(OCCNc2nc(Nc3ccncn3)nc3c2ncn3C2CCCCC2)cc1. The number of hydrogen-bond acceptors (Lipinski definition) is 8. The van der Waals surface area contributed by atoms with Crippen LogP contribution >= 0.6 is 0 Å². The van der Waals surface area contributed by atoms with Crippen molar-refractivity contribution in [3.63, 3.8) is 0 Å².